The van der Waals surface area contributed by atoms with E-state index in [9.17, 15) is 4.79 Å². The molecule has 0 unspecified atom stereocenters. The third kappa shape index (κ3) is 1.97. The van der Waals surface area contributed by atoms with Crippen molar-refractivity contribution in [1.29, 1.82) is 5.41 Å². The largest absolute Gasteiger partial charge is 0.304 e. The molecule has 0 aliphatic heterocycles. The van der Waals surface area contributed by atoms with E-state index in [0.717, 1.165) is 0 Å². The lowest BCUT2D eigenvalue weighted by molar-refractivity contribution is -0.106. The maximum Gasteiger partial charge on any atom is 0.197 e. The monoisotopic (exact) mass is 103 g/mol. The van der Waals surface area contributed by atoms with Crippen LogP contribution in [0.25, 0.3) is 0 Å². The van der Waals surface area contributed by atoms with Gasteiger partial charge >= 0.3 is 0 Å². The fraction of sp³-hybridized carbons (Fsp3) is 0. The summed E-state index contributed by atoms with van der Waals surface area (Å²) in [6, 6.07) is 0. The molecule has 2 nitrogen and oxygen atoms in total. The first-order valence-electron chi connectivity index (χ1n) is 1.39. The average molecular weight is 103 g/mol. The Hall–Kier alpha value is -0.305. The highest BCUT2D eigenvalue weighted by atomic mass is 35.5. The van der Waals surface area contributed by atoms with E-state index in [1.165, 1.54) is 7.85 Å². The van der Waals surface area contributed by atoms with Gasteiger partial charge in [0.25, 0.3) is 0 Å². The molecule has 0 heterocycles. The lowest BCUT2D eigenvalue weighted by Gasteiger charge is -1.75. The highest BCUT2D eigenvalue weighted by Crippen LogP contribution is 1.75. The second-order valence-corrected chi connectivity index (χ2v) is 1.25. The van der Waals surface area contributed by atoms with Gasteiger partial charge in [-0.3, -0.25) is 5.41 Å². The fourth-order valence-electron chi connectivity index (χ4n) is 0. The SMILES string of the molecule is BC(=O)C(=N)Cl. The van der Waals surface area contributed by atoms with Gasteiger partial charge in [0.05, 0.1) is 0 Å². The Labute approximate surface area is 41.4 Å². The van der Waals surface area contributed by atoms with E-state index < -0.39 is 10.9 Å². The van der Waals surface area contributed by atoms with E-state index in [4.69, 9.17) is 17.0 Å². The van der Waals surface area contributed by atoms with Crippen LogP contribution in [-0.4, -0.2) is 18.7 Å². The fourth-order valence-corrected chi connectivity index (χ4v) is 0. The van der Waals surface area contributed by atoms with Crippen LogP contribution in [0.5, 0.6) is 0 Å². The van der Waals surface area contributed by atoms with Gasteiger partial charge in [-0.1, -0.05) is 11.6 Å². The van der Waals surface area contributed by atoms with Gasteiger partial charge in [-0.05, 0) is 0 Å². The zero-order valence-corrected chi connectivity index (χ0v) is 4.04. The summed E-state index contributed by atoms with van der Waals surface area (Å²) in [5.41, 5.74) is -0.392. The molecule has 0 rings (SSSR count). The standard InChI is InChI=1S/C2H3BClNO/c3-1(6)2(4)5/h5H,3H2. The molecule has 4 heteroatoms. The molecule has 0 aliphatic rings. The summed E-state index contributed by atoms with van der Waals surface area (Å²) in [4.78, 5) is 9.79. The molecular weight excluding hydrogens is 100 g/mol. The normalized spacial score (nSPS) is 7.50. The smallest absolute Gasteiger partial charge is 0.197 e. The molecular formula is C2H3BClNO. The quantitative estimate of drug-likeness (QED) is 0.348. The van der Waals surface area contributed by atoms with Crippen LogP contribution in [0.3, 0.4) is 0 Å². The molecule has 0 fully saturated rings. The van der Waals surface area contributed by atoms with Gasteiger partial charge in [0.15, 0.2) is 13.0 Å². The molecule has 1 N–H and O–H groups in total. The Bertz CT molecular complexity index is 79.5. The van der Waals surface area contributed by atoms with Gasteiger partial charge in [-0.15, -0.1) is 0 Å². The van der Waals surface area contributed by atoms with Crippen molar-refractivity contribution in [3.63, 3.8) is 0 Å². The van der Waals surface area contributed by atoms with Crippen LogP contribution >= 0.6 is 11.6 Å². The predicted molar refractivity (Wildman–Crippen MR) is 27.1 cm³/mol. The third-order valence-corrected chi connectivity index (χ3v) is 0.575. The molecule has 0 amide bonds. The Kier molecular flexibility index (Phi) is 1.88. The number of halogens is 1. The Morgan fingerprint density at radius 1 is 1.83 bits per heavy atom. The Morgan fingerprint density at radius 3 is 2.00 bits per heavy atom. The maximum atomic E-state index is 9.79. The second-order valence-electron chi connectivity index (χ2n) is 0.870. The first-order chi connectivity index (χ1) is 2.64. The van der Waals surface area contributed by atoms with Gasteiger partial charge in [-0.2, -0.15) is 0 Å². The third-order valence-electron chi connectivity index (χ3n) is 0.309. The zero-order chi connectivity index (χ0) is 5.15. The predicted octanol–water partition coefficient (Wildman–Crippen LogP) is -0.638. The number of rotatable bonds is 1. The number of hydrogen-bond acceptors (Lipinski definition) is 2. The molecule has 0 aromatic carbocycles. The molecule has 0 spiro atoms. The van der Waals surface area contributed by atoms with Crippen LogP contribution in [-0.2, 0) is 4.79 Å². The van der Waals surface area contributed by atoms with E-state index in [1.807, 2.05) is 0 Å². The summed E-state index contributed by atoms with van der Waals surface area (Å²) < 4.78 is 0. The van der Waals surface area contributed by atoms with Crippen LogP contribution in [0, 0.1) is 5.41 Å². The molecule has 6 heavy (non-hydrogen) atoms. The Morgan fingerprint density at radius 2 is 2.00 bits per heavy atom. The summed E-state index contributed by atoms with van der Waals surface area (Å²) in [6.45, 7) is 0. The minimum Gasteiger partial charge on any atom is -0.304 e. The highest BCUT2D eigenvalue weighted by Gasteiger charge is 1.92. The minimum atomic E-state index is -0.407. The highest BCUT2D eigenvalue weighted by molar-refractivity contribution is 6.96. The van der Waals surface area contributed by atoms with Gasteiger partial charge < -0.3 is 4.79 Å². The summed E-state index contributed by atoms with van der Waals surface area (Å²) in [7, 11) is 1.25. The molecule has 0 aliphatic carbocycles. The van der Waals surface area contributed by atoms with E-state index in [1.54, 1.807) is 0 Å². The molecule has 0 saturated heterocycles. The van der Waals surface area contributed by atoms with Crippen molar-refractivity contribution in [3.8, 4) is 0 Å². The first-order valence-corrected chi connectivity index (χ1v) is 1.77. The van der Waals surface area contributed by atoms with Crippen molar-refractivity contribution < 1.29 is 4.79 Å². The zero-order valence-electron chi connectivity index (χ0n) is 3.29. The molecule has 32 valence electrons. The molecule has 0 aromatic rings. The van der Waals surface area contributed by atoms with E-state index in [0.29, 0.717) is 0 Å². The number of carbonyl (C=O) groups excluding carboxylic acids is 1. The number of nitrogens with one attached hydrogen (secondary N) is 1. The van der Waals surface area contributed by atoms with Crippen LogP contribution < -0.4 is 0 Å². The van der Waals surface area contributed by atoms with Crippen molar-refractivity contribution in [2.75, 3.05) is 0 Å². The molecule has 0 atom stereocenters. The summed E-state index contributed by atoms with van der Waals surface area (Å²) in [5, 5.41) is 5.96. The summed E-state index contributed by atoms with van der Waals surface area (Å²) in [5.74, 6) is 0. The molecule has 0 aromatic heterocycles. The van der Waals surface area contributed by atoms with Crippen LogP contribution in [0.4, 0.5) is 0 Å². The van der Waals surface area contributed by atoms with Gasteiger partial charge in [-0.25, -0.2) is 0 Å². The molecule has 0 bridgehead atoms. The lowest BCUT2D eigenvalue weighted by atomic mass is 10.1. The van der Waals surface area contributed by atoms with Crippen LogP contribution in [0.15, 0.2) is 0 Å². The lowest BCUT2D eigenvalue weighted by Crippen LogP contribution is -2.03. The topological polar surface area (TPSA) is 40.9 Å². The number of carbonyl (C=O) groups is 1. The van der Waals surface area contributed by atoms with Crippen molar-refractivity contribution >= 4 is 30.3 Å². The average Bonchev–Trinajstić information content (AvgIpc) is 1.36. The summed E-state index contributed by atoms with van der Waals surface area (Å²) in [6.07, 6.45) is 0. The van der Waals surface area contributed by atoms with Crippen molar-refractivity contribution in [2.45, 2.75) is 0 Å². The molecule has 0 radical (unpaired) electrons. The van der Waals surface area contributed by atoms with Crippen LogP contribution in [0.1, 0.15) is 0 Å². The second kappa shape index (κ2) is 1.98. The number of hydrogen-bond donors (Lipinski definition) is 1. The maximum absolute atomic E-state index is 9.79. The van der Waals surface area contributed by atoms with Crippen molar-refractivity contribution in [1.82, 2.24) is 0 Å². The van der Waals surface area contributed by atoms with Gasteiger partial charge in [0.1, 0.15) is 5.68 Å². The van der Waals surface area contributed by atoms with Crippen LogP contribution in [0.2, 0.25) is 0 Å². The van der Waals surface area contributed by atoms with Crippen molar-refractivity contribution in [3.05, 3.63) is 0 Å². The van der Waals surface area contributed by atoms with E-state index in [-0.39, 0.29) is 0 Å². The van der Waals surface area contributed by atoms with Crippen molar-refractivity contribution in [2.24, 2.45) is 0 Å². The summed E-state index contributed by atoms with van der Waals surface area (Å²) >= 11 is 4.85. The van der Waals surface area contributed by atoms with E-state index in [2.05, 4.69) is 0 Å². The molecule has 0 saturated carbocycles. The first kappa shape index (κ1) is 5.69. The van der Waals surface area contributed by atoms with Gasteiger partial charge in [0.2, 0.25) is 0 Å². The van der Waals surface area contributed by atoms with E-state index >= 15 is 0 Å². The minimum absolute atomic E-state index is 0.392. The Balaban J connectivity index is 3.57. The van der Waals surface area contributed by atoms with Gasteiger partial charge in [0, 0.05) is 0 Å².